The van der Waals surface area contributed by atoms with E-state index in [0.29, 0.717) is 16.8 Å². The molecule has 1 atom stereocenters. The first kappa shape index (κ1) is 17.5. The zero-order valence-corrected chi connectivity index (χ0v) is 15.2. The molecular formula is C21H22FN3O2. The Morgan fingerprint density at radius 1 is 1.11 bits per heavy atom. The predicted octanol–water partition coefficient (Wildman–Crippen LogP) is 3.87. The maximum absolute atomic E-state index is 13.0. The molecule has 6 heteroatoms. The van der Waals surface area contributed by atoms with E-state index >= 15 is 0 Å². The average molecular weight is 367 g/mol. The van der Waals surface area contributed by atoms with E-state index in [1.807, 2.05) is 11.9 Å². The lowest BCUT2D eigenvalue weighted by Gasteiger charge is -2.43. The third-order valence-corrected chi connectivity index (χ3v) is 5.40. The molecule has 0 radical (unpaired) electrons. The van der Waals surface area contributed by atoms with E-state index in [9.17, 15) is 14.0 Å². The molecule has 1 N–H and O–H groups in total. The SMILES string of the molecule is CN1c2cc(C(=O)Nc3ccc(F)cc3)ccc2C(=O)N2CCCCC[C@@H]21. The lowest BCUT2D eigenvalue weighted by molar-refractivity contribution is 0.0661. The van der Waals surface area contributed by atoms with E-state index in [0.717, 1.165) is 37.9 Å². The molecule has 1 fully saturated rings. The van der Waals surface area contributed by atoms with Crippen LogP contribution in [0.2, 0.25) is 0 Å². The maximum atomic E-state index is 13.0. The molecule has 0 spiro atoms. The number of carbonyl (C=O) groups excluding carboxylic acids is 2. The summed E-state index contributed by atoms with van der Waals surface area (Å²) in [5.41, 5.74) is 2.42. The molecule has 0 aliphatic carbocycles. The first-order valence-corrected chi connectivity index (χ1v) is 9.29. The van der Waals surface area contributed by atoms with Gasteiger partial charge in [-0.3, -0.25) is 9.59 Å². The van der Waals surface area contributed by atoms with Crippen LogP contribution in [0.3, 0.4) is 0 Å². The fourth-order valence-corrected chi connectivity index (χ4v) is 3.93. The maximum Gasteiger partial charge on any atom is 0.257 e. The van der Waals surface area contributed by atoms with Gasteiger partial charge < -0.3 is 15.1 Å². The van der Waals surface area contributed by atoms with E-state index in [1.54, 1.807) is 18.2 Å². The molecule has 2 heterocycles. The first-order chi connectivity index (χ1) is 13.0. The summed E-state index contributed by atoms with van der Waals surface area (Å²) in [5.74, 6) is -0.594. The summed E-state index contributed by atoms with van der Waals surface area (Å²) in [6, 6.07) is 10.8. The molecule has 2 aliphatic heterocycles. The molecule has 2 aromatic rings. The second-order valence-electron chi connectivity index (χ2n) is 7.13. The largest absolute Gasteiger partial charge is 0.354 e. The Bertz CT molecular complexity index is 881. The summed E-state index contributed by atoms with van der Waals surface area (Å²) in [4.78, 5) is 29.6. The molecule has 2 aromatic carbocycles. The van der Waals surface area contributed by atoms with Gasteiger partial charge in [0.2, 0.25) is 0 Å². The zero-order valence-electron chi connectivity index (χ0n) is 15.2. The molecule has 0 saturated carbocycles. The van der Waals surface area contributed by atoms with E-state index in [4.69, 9.17) is 0 Å². The fraction of sp³-hybridized carbons (Fsp3) is 0.333. The van der Waals surface area contributed by atoms with Crippen LogP contribution < -0.4 is 10.2 Å². The highest BCUT2D eigenvalue weighted by atomic mass is 19.1. The molecule has 140 valence electrons. The highest BCUT2D eigenvalue weighted by Gasteiger charge is 2.36. The molecule has 0 bridgehead atoms. The Balaban J connectivity index is 1.62. The van der Waals surface area contributed by atoms with Gasteiger partial charge in [-0.1, -0.05) is 6.42 Å². The van der Waals surface area contributed by atoms with Gasteiger partial charge in [0.05, 0.1) is 11.3 Å². The van der Waals surface area contributed by atoms with Gasteiger partial charge in [0.1, 0.15) is 12.0 Å². The van der Waals surface area contributed by atoms with Gasteiger partial charge in [-0.2, -0.15) is 0 Å². The molecule has 1 saturated heterocycles. The third-order valence-electron chi connectivity index (χ3n) is 5.40. The van der Waals surface area contributed by atoms with Crippen molar-refractivity contribution in [1.29, 1.82) is 0 Å². The Morgan fingerprint density at radius 2 is 1.89 bits per heavy atom. The standard InChI is InChI=1S/C21H22FN3O2/c1-24-18-13-14(20(26)23-16-9-7-15(22)8-10-16)6-11-17(18)21(27)25-12-4-2-3-5-19(24)25/h6-11,13,19H,2-5,12H2,1H3,(H,23,26)/t19-/m1/s1. The quantitative estimate of drug-likeness (QED) is 0.877. The van der Waals surface area contributed by atoms with Crippen molar-refractivity contribution in [2.75, 3.05) is 23.8 Å². The number of rotatable bonds is 2. The normalized spacial score (nSPS) is 19.2. The number of amides is 2. The van der Waals surface area contributed by atoms with Gasteiger partial charge in [0.25, 0.3) is 11.8 Å². The number of nitrogens with zero attached hydrogens (tertiary/aromatic N) is 2. The molecule has 2 amide bonds. The second kappa shape index (κ2) is 7.02. The summed E-state index contributed by atoms with van der Waals surface area (Å²) < 4.78 is 13.0. The van der Waals surface area contributed by atoms with Crippen molar-refractivity contribution in [3.63, 3.8) is 0 Å². The molecule has 5 nitrogen and oxygen atoms in total. The highest BCUT2D eigenvalue weighted by Crippen LogP contribution is 2.34. The Morgan fingerprint density at radius 3 is 2.67 bits per heavy atom. The fourth-order valence-electron chi connectivity index (χ4n) is 3.93. The van der Waals surface area contributed by atoms with E-state index in [-0.39, 0.29) is 23.8 Å². The topological polar surface area (TPSA) is 52.7 Å². The lowest BCUT2D eigenvalue weighted by Crippen LogP contribution is -2.53. The van der Waals surface area contributed by atoms with Gasteiger partial charge >= 0.3 is 0 Å². The number of halogens is 1. The van der Waals surface area contributed by atoms with Crippen LogP contribution in [-0.2, 0) is 0 Å². The van der Waals surface area contributed by atoms with Gasteiger partial charge in [-0.25, -0.2) is 4.39 Å². The molecular weight excluding hydrogens is 345 g/mol. The first-order valence-electron chi connectivity index (χ1n) is 9.29. The number of benzene rings is 2. The minimum atomic E-state index is -0.352. The molecule has 0 unspecified atom stereocenters. The minimum absolute atomic E-state index is 0.0421. The third kappa shape index (κ3) is 3.27. The van der Waals surface area contributed by atoms with Crippen LogP contribution >= 0.6 is 0 Å². The summed E-state index contributed by atoms with van der Waals surface area (Å²) in [7, 11) is 1.98. The van der Waals surface area contributed by atoms with Crippen molar-refractivity contribution >= 4 is 23.2 Å². The number of carbonyl (C=O) groups is 2. The van der Waals surface area contributed by atoms with Gasteiger partial charge in [0.15, 0.2) is 0 Å². The molecule has 0 aromatic heterocycles. The Kier molecular flexibility index (Phi) is 4.56. The minimum Gasteiger partial charge on any atom is -0.354 e. The summed E-state index contributed by atoms with van der Waals surface area (Å²) in [5, 5.41) is 2.77. The zero-order chi connectivity index (χ0) is 19.0. The van der Waals surface area contributed by atoms with Gasteiger partial charge in [-0.05, 0) is 61.7 Å². The number of hydrogen-bond acceptors (Lipinski definition) is 3. The predicted molar refractivity (Wildman–Crippen MR) is 102 cm³/mol. The number of hydrogen-bond donors (Lipinski definition) is 1. The van der Waals surface area contributed by atoms with Crippen LogP contribution in [-0.4, -0.2) is 36.5 Å². The van der Waals surface area contributed by atoms with Crippen LogP contribution in [0, 0.1) is 5.82 Å². The van der Waals surface area contributed by atoms with Crippen molar-refractivity contribution in [2.24, 2.45) is 0 Å². The summed E-state index contributed by atoms with van der Waals surface area (Å²) in [6.45, 7) is 0.778. The number of fused-ring (bicyclic) bond motifs is 2. The average Bonchev–Trinajstić information content (AvgIpc) is 2.94. The summed E-state index contributed by atoms with van der Waals surface area (Å²) >= 11 is 0. The monoisotopic (exact) mass is 367 g/mol. The van der Waals surface area contributed by atoms with Crippen LogP contribution in [0.4, 0.5) is 15.8 Å². The van der Waals surface area contributed by atoms with Gasteiger partial charge in [0, 0.05) is 24.8 Å². The van der Waals surface area contributed by atoms with Crippen molar-refractivity contribution < 1.29 is 14.0 Å². The van der Waals surface area contributed by atoms with Crippen LogP contribution in [0.1, 0.15) is 46.4 Å². The van der Waals surface area contributed by atoms with E-state index in [1.165, 1.54) is 24.3 Å². The van der Waals surface area contributed by atoms with Crippen molar-refractivity contribution in [3.8, 4) is 0 Å². The van der Waals surface area contributed by atoms with Crippen molar-refractivity contribution in [2.45, 2.75) is 31.8 Å². The Hall–Kier alpha value is -2.89. The molecule has 4 rings (SSSR count). The number of anilines is 2. The highest BCUT2D eigenvalue weighted by molar-refractivity contribution is 6.08. The summed E-state index contributed by atoms with van der Waals surface area (Å²) in [6.07, 6.45) is 4.24. The lowest BCUT2D eigenvalue weighted by atomic mass is 10.0. The van der Waals surface area contributed by atoms with Crippen LogP contribution in [0.25, 0.3) is 0 Å². The van der Waals surface area contributed by atoms with Crippen molar-refractivity contribution in [3.05, 3.63) is 59.4 Å². The number of nitrogens with one attached hydrogen (secondary N) is 1. The van der Waals surface area contributed by atoms with E-state index < -0.39 is 0 Å². The van der Waals surface area contributed by atoms with Crippen LogP contribution in [0.5, 0.6) is 0 Å². The van der Waals surface area contributed by atoms with Crippen molar-refractivity contribution in [1.82, 2.24) is 4.90 Å². The Labute approximate surface area is 157 Å². The van der Waals surface area contributed by atoms with E-state index in [2.05, 4.69) is 10.2 Å². The van der Waals surface area contributed by atoms with Crippen LogP contribution in [0.15, 0.2) is 42.5 Å². The smallest absolute Gasteiger partial charge is 0.257 e. The molecule has 2 aliphatic rings. The molecule has 27 heavy (non-hydrogen) atoms. The second-order valence-corrected chi connectivity index (χ2v) is 7.13. The van der Waals surface area contributed by atoms with Gasteiger partial charge in [-0.15, -0.1) is 0 Å².